The third kappa shape index (κ3) is 3.52. The number of urea groups is 1. The second kappa shape index (κ2) is 6.97. The number of aryl methyl sites for hydroxylation is 2. The lowest BCUT2D eigenvalue weighted by molar-refractivity contribution is -0.140. The fourth-order valence-electron chi connectivity index (χ4n) is 3.58. The van der Waals surface area contributed by atoms with E-state index in [1.54, 1.807) is 6.07 Å². The molecule has 0 aromatic heterocycles. The van der Waals surface area contributed by atoms with Gasteiger partial charge >= 0.3 is 6.03 Å². The van der Waals surface area contributed by atoms with E-state index in [1.807, 2.05) is 26.0 Å². The molecule has 4 amide bonds. The van der Waals surface area contributed by atoms with E-state index in [1.165, 1.54) is 0 Å². The molecule has 0 radical (unpaired) electrons. The zero-order valence-electron chi connectivity index (χ0n) is 15.4. The topological polar surface area (TPSA) is 87.7 Å². The Morgan fingerprint density at radius 3 is 2.65 bits per heavy atom. The fraction of sp³-hybridized carbons (Fsp3) is 0.526. The summed E-state index contributed by atoms with van der Waals surface area (Å²) in [7, 11) is 0. The molecule has 1 aliphatic carbocycles. The van der Waals surface area contributed by atoms with Gasteiger partial charge in [-0.25, -0.2) is 4.79 Å². The van der Waals surface area contributed by atoms with Gasteiger partial charge in [-0.2, -0.15) is 5.01 Å². The minimum absolute atomic E-state index is 0.273. The highest BCUT2D eigenvalue weighted by Crippen LogP contribution is 2.35. The van der Waals surface area contributed by atoms with E-state index in [2.05, 4.69) is 17.7 Å². The molecule has 1 saturated heterocycles. The molecule has 1 spiro atoms. The van der Waals surface area contributed by atoms with E-state index >= 15 is 0 Å². The maximum Gasteiger partial charge on any atom is 0.344 e. The molecular formula is C19H25N3O4. The van der Waals surface area contributed by atoms with E-state index < -0.39 is 17.5 Å². The molecule has 0 atom stereocenters. The van der Waals surface area contributed by atoms with E-state index in [0.29, 0.717) is 24.5 Å². The van der Waals surface area contributed by atoms with Gasteiger partial charge < -0.3 is 10.1 Å². The number of imide groups is 1. The number of ether oxygens (including phenoxy) is 1. The molecule has 7 nitrogen and oxygen atoms in total. The van der Waals surface area contributed by atoms with Crippen LogP contribution in [-0.2, 0) is 9.59 Å². The van der Waals surface area contributed by atoms with Crippen molar-refractivity contribution in [2.45, 2.75) is 52.0 Å². The van der Waals surface area contributed by atoms with Gasteiger partial charge in [0.25, 0.3) is 11.8 Å². The van der Waals surface area contributed by atoms with Gasteiger partial charge in [-0.3, -0.25) is 15.0 Å². The van der Waals surface area contributed by atoms with Crippen LogP contribution >= 0.6 is 0 Å². The normalized spacial score (nSPS) is 25.3. The third-order valence-electron chi connectivity index (χ3n) is 5.22. The van der Waals surface area contributed by atoms with Gasteiger partial charge in [0.1, 0.15) is 11.3 Å². The minimum Gasteiger partial charge on any atom is -0.483 e. The Balaban J connectivity index is 1.59. The largest absolute Gasteiger partial charge is 0.483 e. The van der Waals surface area contributed by atoms with Crippen LogP contribution in [0.25, 0.3) is 0 Å². The first-order chi connectivity index (χ1) is 12.3. The van der Waals surface area contributed by atoms with Crippen LogP contribution in [-0.4, -0.2) is 35.0 Å². The first-order valence-electron chi connectivity index (χ1n) is 8.97. The predicted octanol–water partition coefficient (Wildman–Crippen LogP) is 2.21. The molecule has 26 heavy (non-hydrogen) atoms. The summed E-state index contributed by atoms with van der Waals surface area (Å²) in [5, 5.41) is 3.56. The number of carbonyl (C=O) groups is 3. The number of benzene rings is 1. The Morgan fingerprint density at radius 2 is 2.00 bits per heavy atom. The van der Waals surface area contributed by atoms with E-state index in [9.17, 15) is 14.4 Å². The summed E-state index contributed by atoms with van der Waals surface area (Å²) < 4.78 is 5.50. The van der Waals surface area contributed by atoms with Gasteiger partial charge in [0.15, 0.2) is 6.61 Å². The first kappa shape index (κ1) is 18.2. The lowest BCUT2D eigenvalue weighted by Gasteiger charge is -2.33. The Hall–Kier alpha value is -2.57. The van der Waals surface area contributed by atoms with Crippen LogP contribution in [0.2, 0.25) is 0 Å². The molecule has 2 fully saturated rings. The standard InChI is InChI=1S/C19H25N3O4/c1-12-6-8-19(9-7-12)17(24)22(18(25)20-19)21-16(23)11-26-15-5-4-13(2)10-14(15)3/h4-5,10,12H,6-9,11H2,1-3H3,(H,20,25)(H,21,23). The fourth-order valence-corrected chi connectivity index (χ4v) is 3.58. The minimum atomic E-state index is -0.870. The van der Waals surface area contributed by atoms with Crippen molar-refractivity contribution >= 4 is 17.8 Å². The summed E-state index contributed by atoms with van der Waals surface area (Å²) in [6.07, 6.45) is 2.96. The van der Waals surface area contributed by atoms with Crippen molar-refractivity contribution < 1.29 is 19.1 Å². The highest BCUT2D eigenvalue weighted by molar-refractivity contribution is 6.08. The van der Waals surface area contributed by atoms with Crippen molar-refractivity contribution in [2.75, 3.05) is 6.61 Å². The highest BCUT2D eigenvalue weighted by Gasteiger charge is 2.52. The van der Waals surface area contributed by atoms with Crippen molar-refractivity contribution in [2.24, 2.45) is 5.92 Å². The van der Waals surface area contributed by atoms with Crippen LogP contribution in [0.4, 0.5) is 4.79 Å². The van der Waals surface area contributed by atoms with Crippen LogP contribution in [0.15, 0.2) is 18.2 Å². The Bertz CT molecular complexity index is 738. The van der Waals surface area contributed by atoms with E-state index in [-0.39, 0.29) is 12.5 Å². The summed E-state index contributed by atoms with van der Waals surface area (Å²) >= 11 is 0. The van der Waals surface area contributed by atoms with Crippen LogP contribution in [0.3, 0.4) is 0 Å². The summed E-state index contributed by atoms with van der Waals surface area (Å²) in [5.74, 6) is 0.213. The second-order valence-electron chi connectivity index (χ2n) is 7.43. The number of amides is 4. The van der Waals surface area contributed by atoms with Crippen molar-refractivity contribution in [1.82, 2.24) is 15.8 Å². The molecule has 0 bridgehead atoms. The van der Waals surface area contributed by atoms with Gasteiger partial charge in [0.2, 0.25) is 0 Å². The zero-order chi connectivity index (χ0) is 18.9. The molecule has 1 aliphatic heterocycles. The summed E-state index contributed by atoms with van der Waals surface area (Å²) in [6.45, 7) is 5.73. The molecule has 2 aliphatic rings. The SMILES string of the molecule is Cc1ccc(OCC(=O)NN2C(=O)NC3(CCC(C)CC3)C2=O)c(C)c1. The smallest absolute Gasteiger partial charge is 0.344 e. The van der Waals surface area contributed by atoms with Crippen molar-refractivity contribution in [3.05, 3.63) is 29.3 Å². The highest BCUT2D eigenvalue weighted by atomic mass is 16.5. The lowest BCUT2D eigenvalue weighted by Crippen LogP contribution is -2.52. The number of nitrogens with zero attached hydrogens (tertiary/aromatic N) is 1. The van der Waals surface area contributed by atoms with E-state index in [0.717, 1.165) is 29.0 Å². The summed E-state index contributed by atoms with van der Waals surface area (Å²) in [5.41, 5.74) is 3.52. The van der Waals surface area contributed by atoms with Crippen LogP contribution < -0.4 is 15.5 Å². The first-order valence-corrected chi connectivity index (χ1v) is 8.97. The predicted molar refractivity (Wildman–Crippen MR) is 95.3 cm³/mol. The molecule has 0 unspecified atom stereocenters. The molecule has 1 heterocycles. The number of carbonyl (C=O) groups excluding carboxylic acids is 3. The summed E-state index contributed by atoms with van der Waals surface area (Å²) in [6, 6.07) is 5.07. The van der Waals surface area contributed by atoms with Crippen LogP contribution in [0.1, 0.15) is 43.7 Å². The Morgan fingerprint density at radius 1 is 1.31 bits per heavy atom. The second-order valence-corrected chi connectivity index (χ2v) is 7.43. The molecule has 3 rings (SSSR count). The number of hydrazine groups is 1. The van der Waals surface area contributed by atoms with Gasteiger partial charge in [0.05, 0.1) is 0 Å². The van der Waals surface area contributed by atoms with E-state index in [4.69, 9.17) is 4.74 Å². The monoisotopic (exact) mass is 359 g/mol. The lowest BCUT2D eigenvalue weighted by atomic mass is 9.77. The average Bonchev–Trinajstić information content (AvgIpc) is 2.81. The van der Waals surface area contributed by atoms with Gasteiger partial charge in [0, 0.05) is 0 Å². The number of nitrogens with one attached hydrogen (secondary N) is 2. The molecule has 1 aromatic rings. The van der Waals surface area contributed by atoms with Gasteiger partial charge in [-0.15, -0.1) is 0 Å². The maximum atomic E-state index is 12.7. The molecular weight excluding hydrogens is 334 g/mol. The van der Waals surface area contributed by atoms with Gasteiger partial charge in [-0.05, 0) is 57.1 Å². The molecule has 140 valence electrons. The zero-order valence-corrected chi connectivity index (χ0v) is 15.4. The van der Waals surface area contributed by atoms with Crippen molar-refractivity contribution in [1.29, 1.82) is 0 Å². The van der Waals surface area contributed by atoms with Gasteiger partial charge in [-0.1, -0.05) is 24.6 Å². The van der Waals surface area contributed by atoms with Crippen molar-refractivity contribution in [3.8, 4) is 5.75 Å². The number of hydrogen-bond acceptors (Lipinski definition) is 4. The molecule has 7 heteroatoms. The summed E-state index contributed by atoms with van der Waals surface area (Å²) in [4.78, 5) is 37.0. The average molecular weight is 359 g/mol. The Kier molecular flexibility index (Phi) is 4.89. The number of rotatable bonds is 4. The maximum absolute atomic E-state index is 12.7. The quantitative estimate of drug-likeness (QED) is 0.807. The van der Waals surface area contributed by atoms with Crippen LogP contribution in [0.5, 0.6) is 5.75 Å². The molecule has 1 saturated carbocycles. The third-order valence-corrected chi connectivity index (χ3v) is 5.22. The van der Waals surface area contributed by atoms with Crippen LogP contribution in [0, 0.1) is 19.8 Å². The number of hydrogen-bond donors (Lipinski definition) is 2. The molecule has 2 N–H and O–H groups in total. The Labute approximate surface area is 153 Å². The van der Waals surface area contributed by atoms with Crippen molar-refractivity contribution in [3.63, 3.8) is 0 Å². The molecule has 1 aromatic carbocycles.